The second-order valence-corrected chi connectivity index (χ2v) is 14.6. The Bertz CT molecular complexity index is 1740. The van der Waals surface area contributed by atoms with Crippen LogP contribution in [0.15, 0.2) is 121 Å². The molecule has 1 aliphatic heterocycles. The molecule has 0 spiro atoms. The lowest BCUT2D eigenvalue weighted by Crippen LogP contribution is -2.62. The molecule has 3 amide bonds. The molecule has 0 radical (unpaired) electrons. The highest BCUT2D eigenvalue weighted by Crippen LogP contribution is 2.46. The van der Waals surface area contributed by atoms with Gasteiger partial charge in [0.25, 0.3) is 0 Å². The number of benzene rings is 4. The van der Waals surface area contributed by atoms with E-state index in [-0.39, 0.29) is 36.7 Å². The highest BCUT2D eigenvalue weighted by molar-refractivity contribution is 7.98. The van der Waals surface area contributed by atoms with Gasteiger partial charge in [0.1, 0.15) is 18.2 Å². The topological polar surface area (TPSA) is 114 Å². The molecule has 5 rings (SSSR count). The van der Waals surface area contributed by atoms with E-state index in [9.17, 15) is 19.2 Å². The summed E-state index contributed by atoms with van der Waals surface area (Å²) in [6, 6.07) is 38.4. The summed E-state index contributed by atoms with van der Waals surface area (Å²) in [5, 5.41) is 5.82. The van der Waals surface area contributed by atoms with Gasteiger partial charge in [-0.05, 0) is 66.4 Å². The standard InChI is InChI=1S/C44H51N3O6S/c1-52-41(49)39(25-15-16-28-45-43(51)53-32-33-17-7-3-8-18-33)46-42(50)44(27-30-54-2)38(36-23-13-6-14-24-36)26-29-47(44)40(48)31-37(34-19-9-4-10-20-34)35-21-11-5-12-22-35/h3-14,17-24,37-39H,15-16,25-32H2,1-2H3,(H,45,51)(H,46,50)/t38-,39+,44+/m1/s1. The van der Waals surface area contributed by atoms with Crippen molar-refractivity contribution in [2.24, 2.45) is 0 Å². The van der Waals surface area contributed by atoms with Crippen molar-refractivity contribution in [2.75, 3.05) is 32.2 Å². The predicted octanol–water partition coefficient (Wildman–Crippen LogP) is 7.47. The number of unbranched alkanes of at least 4 members (excludes halogenated alkanes) is 1. The number of nitrogens with one attached hydrogen (secondary N) is 2. The maximum Gasteiger partial charge on any atom is 0.407 e. The zero-order valence-electron chi connectivity index (χ0n) is 31.2. The van der Waals surface area contributed by atoms with Crippen LogP contribution in [0.5, 0.6) is 0 Å². The predicted molar refractivity (Wildman–Crippen MR) is 213 cm³/mol. The largest absolute Gasteiger partial charge is 0.467 e. The van der Waals surface area contributed by atoms with Gasteiger partial charge in [-0.3, -0.25) is 9.59 Å². The maximum atomic E-state index is 15.0. The molecule has 284 valence electrons. The van der Waals surface area contributed by atoms with Gasteiger partial charge in [-0.2, -0.15) is 11.8 Å². The molecule has 1 aliphatic rings. The lowest BCUT2D eigenvalue weighted by molar-refractivity contribution is -0.150. The number of amides is 3. The monoisotopic (exact) mass is 749 g/mol. The fourth-order valence-corrected chi connectivity index (χ4v) is 8.03. The molecule has 3 atom stereocenters. The van der Waals surface area contributed by atoms with E-state index in [1.54, 1.807) is 16.7 Å². The van der Waals surface area contributed by atoms with E-state index < -0.39 is 23.6 Å². The van der Waals surface area contributed by atoms with Gasteiger partial charge in [0.05, 0.1) is 7.11 Å². The van der Waals surface area contributed by atoms with Crippen LogP contribution in [-0.4, -0.2) is 72.6 Å². The number of thioether (sulfide) groups is 1. The second-order valence-electron chi connectivity index (χ2n) is 13.6. The lowest BCUT2D eigenvalue weighted by Gasteiger charge is -2.42. The summed E-state index contributed by atoms with van der Waals surface area (Å²) in [6.07, 6.45) is 4.05. The first-order valence-corrected chi connectivity index (χ1v) is 20.0. The van der Waals surface area contributed by atoms with Crippen LogP contribution in [0.2, 0.25) is 0 Å². The first-order chi connectivity index (χ1) is 26.4. The summed E-state index contributed by atoms with van der Waals surface area (Å²) in [5.41, 5.74) is 2.69. The molecule has 1 saturated heterocycles. The van der Waals surface area contributed by atoms with Crippen molar-refractivity contribution in [3.05, 3.63) is 144 Å². The van der Waals surface area contributed by atoms with Gasteiger partial charge in [0.2, 0.25) is 11.8 Å². The number of rotatable bonds is 18. The number of ether oxygens (including phenoxy) is 2. The Morgan fingerprint density at radius 3 is 2.02 bits per heavy atom. The quantitative estimate of drug-likeness (QED) is 0.0802. The van der Waals surface area contributed by atoms with Gasteiger partial charge in [-0.25, -0.2) is 9.59 Å². The second kappa shape index (κ2) is 20.4. The zero-order valence-corrected chi connectivity index (χ0v) is 32.0. The van der Waals surface area contributed by atoms with Crippen molar-refractivity contribution in [3.63, 3.8) is 0 Å². The van der Waals surface area contributed by atoms with Gasteiger partial charge in [0, 0.05) is 31.3 Å². The zero-order chi connectivity index (χ0) is 38.2. The third-order valence-corrected chi connectivity index (χ3v) is 10.9. The average Bonchev–Trinajstić information content (AvgIpc) is 3.62. The number of hydrogen-bond acceptors (Lipinski definition) is 7. The molecule has 2 N–H and O–H groups in total. The number of carbonyl (C=O) groups is 4. The molecule has 1 fully saturated rings. The molecule has 9 nitrogen and oxygen atoms in total. The minimum absolute atomic E-state index is 0.109. The summed E-state index contributed by atoms with van der Waals surface area (Å²) in [6.45, 7) is 0.922. The number of nitrogens with zero attached hydrogens (tertiary/aromatic N) is 1. The normalized spacial score (nSPS) is 17.1. The third kappa shape index (κ3) is 10.3. The van der Waals surface area contributed by atoms with Crippen LogP contribution < -0.4 is 10.6 Å². The van der Waals surface area contributed by atoms with Gasteiger partial charge in [0.15, 0.2) is 0 Å². The van der Waals surface area contributed by atoms with Gasteiger partial charge in [-0.1, -0.05) is 121 Å². The number of likely N-dealkylation sites (tertiary alicyclic amines) is 1. The van der Waals surface area contributed by atoms with Crippen LogP contribution in [0, 0.1) is 0 Å². The van der Waals surface area contributed by atoms with E-state index in [1.807, 2.05) is 128 Å². The first-order valence-electron chi connectivity index (χ1n) is 18.6. The Hall–Kier alpha value is -5.09. The minimum atomic E-state index is -1.24. The van der Waals surface area contributed by atoms with E-state index in [1.165, 1.54) is 7.11 Å². The number of methoxy groups -OCH3 is 1. The van der Waals surface area contributed by atoms with E-state index in [0.717, 1.165) is 22.3 Å². The van der Waals surface area contributed by atoms with Crippen molar-refractivity contribution in [2.45, 2.75) is 68.5 Å². The Morgan fingerprint density at radius 1 is 0.833 bits per heavy atom. The van der Waals surface area contributed by atoms with Crippen molar-refractivity contribution in [1.82, 2.24) is 15.5 Å². The van der Waals surface area contributed by atoms with Gasteiger partial charge >= 0.3 is 12.1 Å². The third-order valence-electron chi connectivity index (χ3n) is 10.3. The molecular formula is C44H51N3O6S. The highest BCUT2D eigenvalue weighted by atomic mass is 32.2. The molecule has 54 heavy (non-hydrogen) atoms. The summed E-state index contributed by atoms with van der Waals surface area (Å²) < 4.78 is 10.5. The number of carbonyl (C=O) groups excluding carboxylic acids is 4. The minimum Gasteiger partial charge on any atom is -0.467 e. The summed E-state index contributed by atoms with van der Waals surface area (Å²) in [4.78, 5) is 57.0. The first kappa shape index (κ1) is 40.1. The van der Waals surface area contributed by atoms with Crippen LogP contribution in [0.3, 0.4) is 0 Å². The maximum absolute atomic E-state index is 15.0. The fraction of sp³-hybridized carbons (Fsp3) is 0.364. The van der Waals surface area contributed by atoms with Gasteiger partial charge < -0.3 is 25.0 Å². The van der Waals surface area contributed by atoms with Crippen molar-refractivity contribution in [3.8, 4) is 0 Å². The smallest absolute Gasteiger partial charge is 0.407 e. The Balaban J connectivity index is 1.35. The molecule has 0 aliphatic carbocycles. The van der Waals surface area contributed by atoms with Crippen LogP contribution in [-0.2, 0) is 30.5 Å². The highest BCUT2D eigenvalue weighted by Gasteiger charge is 2.56. The fourth-order valence-electron chi connectivity index (χ4n) is 7.52. The molecular weight excluding hydrogens is 699 g/mol. The lowest BCUT2D eigenvalue weighted by atomic mass is 9.76. The molecule has 10 heteroatoms. The molecule has 0 aromatic heterocycles. The molecule has 1 heterocycles. The number of hydrogen-bond donors (Lipinski definition) is 2. The average molecular weight is 750 g/mol. The Kier molecular flexibility index (Phi) is 15.1. The summed E-state index contributed by atoms with van der Waals surface area (Å²) in [5.74, 6) is -0.877. The van der Waals surface area contributed by atoms with Crippen molar-refractivity contribution < 1.29 is 28.7 Å². The van der Waals surface area contributed by atoms with Crippen molar-refractivity contribution >= 4 is 35.6 Å². The SMILES string of the molecule is COC(=O)[C@H](CCCCNC(=O)OCc1ccccc1)NC(=O)[C@]1(CCSC)[C@@H](c2ccccc2)CCN1C(=O)CC(c1ccccc1)c1ccccc1. The number of alkyl carbamates (subject to hydrolysis) is 1. The Labute approximate surface area is 323 Å². The van der Waals surface area contributed by atoms with E-state index in [0.29, 0.717) is 50.9 Å². The van der Waals surface area contributed by atoms with E-state index in [2.05, 4.69) is 10.6 Å². The molecule has 0 bridgehead atoms. The summed E-state index contributed by atoms with van der Waals surface area (Å²) in [7, 11) is 1.31. The van der Waals surface area contributed by atoms with E-state index >= 15 is 0 Å². The summed E-state index contributed by atoms with van der Waals surface area (Å²) >= 11 is 1.62. The van der Waals surface area contributed by atoms with Crippen LogP contribution in [0.4, 0.5) is 4.79 Å². The molecule has 0 unspecified atom stereocenters. The Morgan fingerprint density at radius 2 is 1.43 bits per heavy atom. The number of esters is 1. The van der Waals surface area contributed by atoms with Gasteiger partial charge in [-0.15, -0.1) is 0 Å². The van der Waals surface area contributed by atoms with Crippen LogP contribution >= 0.6 is 11.8 Å². The molecule has 4 aromatic rings. The molecule has 0 saturated carbocycles. The van der Waals surface area contributed by atoms with Crippen molar-refractivity contribution in [1.29, 1.82) is 0 Å². The van der Waals surface area contributed by atoms with Crippen LogP contribution in [0.1, 0.15) is 72.6 Å². The van der Waals surface area contributed by atoms with E-state index in [4.69, 9.17) is 9.47 Å². The molecule has 4 aromatic carbocycles. The van der Waals surface area contributed by atoms with Crippen LogP contribution in [0.25, 0.3) is 0 Å².